The highest BCUT2D eigenvalue weighted by molar-refractivity contribution is 5.98. The average Bonchev–Trinajstić information content (AvgIpc) is 2.51. The van der Waals surface area contributed by atoms with E-state index in [0.717, 1.165) is 5.69 Å². The minimum atomic E-state index is -0.120. The number of carbonyl (C=O) groups is 2. The second-order valence-electron chi connectivity index (χ2n) is 5.05. The zero-order valence-electron chi connectivity index (χ0n) is 12.8. The fourth-order valence-electron chi connectivity index (χ4n) is 2.07. The van der Waals surface area contributed by atoms with Crippen LogP contribution in [0.15, 0.2) is 24.3 Å². The first-order chi connectivity index (χ1) is 10.1. The van der Waals surface area contributed by atoms with Crippen LogP contribution in [0.25, 0.3) is 0 Å². The maximum absolute atomic E-state index is 11.9. The first-order valence-corrected chi connectivity index (χ1v) is 7.08. The first kappa shape index (κ1) is 18.3. The van der Waals surface area contributed by atoms with E-state index < -0.39 is 0 Å². The number of carbonyl (C=O) groups excluding carboxylic acids is 2. The molecule has 22 heavy (non-hydrogen) atoms. The van der Waals surface area contributed by atoms with Crippen molar-refractivity contribution in [3.63, 3.8) is 0 Å². The van der Waals surface area contributed by atoms with Crippen molar-refractivity contribution in [2.24, 2.45) is 0 Å². The lowest BCUT2D eigenvalue weighted by atomic mass is 10.2. The number of amides is 2. The summed E-state index contributed by atoms with van der Waals surface area (Å²) in [6.45, 7) is 2.94. The Morgan fingerprint density at radius 1 is 1.41 bits per heavy atom. The molecule has 122 valence electrons. The summed E-state index contributed by atoms with van der Waals surface area (Å²) in [4.78, 5) is 25.4. The van der Waals surface area contributed by atoms with E-state index in [2.05, 4.69) is 10.6 Å². The van der Waals surface area contributed by atoms with Gasteiger partial charge in [0.15, 0.2) is 6.61 Å². The molecule has 6 nitrogen and oxygen atoms in total. The number of anilines is 1. The Labute approximate surface area is 136 Å². The van der Waals surface area contributed by atoms with Crippen molar-refractivity contribution >= 4 is 29.9 Å². The predicted octanol–water partition coefficient (Wildman–Crippen LogP) is 0.948. The monoisotopic (exact) mass is 327 g/mol. The topological polar surface area (TPSA) is 70.7 Å². The molecular formula is C15H22ClN3O3. The lowest BCUT2D eigenvalue weighted by molar-refractivity contribution is -0.122. The summed E-state index contributed by atoms with van der Waals surface area (Å²) in [6.07, 6.45) is 0.274. The van der Waals surface area contributed by atoms with Gasteiger partial charge in [0.2, 0.25) is 5.91 Å². The third kappa shape index (κ3) is 4.61. The largest absolute Gasteiger partial charge is 0.482 e. The zero-order chi connectivity index (χ0) is 15.2. The van der Waals surface area contributed by atoms with Crippen LogP contribution < -0.4 is 20.3 Å². The number of hydrogen-bond donors (Lipinski definition) is 2. The summed E-state index contributed by atoms with van der Waals surface area (Å²) < 4.78 is 5.37. The Hall–Kier alpha value is -1.79. The number of ether oxygens (including phenoxy) is 1. The highest BCUT2D eigenvalue weighted by atomic mass is 35.5. The smallest absolute Gasteiger partial charge is 0.265 e. The molecule has 0 saturated heterocycles. The third-order valence-electron chi connectivity index (χ3n) is 3.47. The van der Waals surface area contributed by atoms with Gasteiger partial charge in [0.05, 0.1) is 5.69 Å². The van der Waals surface area contributed by atoms with Gasteiger partial charge >= 0.3 is 0 Å². The minimum absolute atomic E-state index is 0. The molecule has 1 heterocycles. The number of rotatable bonds is 6. The summed E-state index contributed by atoms with van der Waals surface area (Å²) in [6, 6.07) is 7.58. The van der Waals surface area contributed by atoms with Gasteiger partial charge in [0.25, 0.3) is 5.91 Å². The van der Waals surface area contributed by atoms with Gasteiger partial charge in [-0.1, -0.05) is 12.1 Å². The molecule has 0 spiro atoms. The van der Waals surface area contributed by atoms with E-state index >= 15 is 0 Å². The zero-order valence-corrected chi connectivity index (χ0v) is 13.6. The van der Waals surface area contributed by atoms with E-state index in [1.807, 2.05) is 38.2 Å². The molecule has 0 radical (unpaired) electrons. The van der Waals surface area contributed by atoms with Crippen molar-refractivity contribution in [1.29, 1.82) is 0 Å². The number of nitrogens with zero attached hydrogens (tertiary/aromatic N) is 1. The predicted molar refractivity (Wildman–Crippen MR) is 87.7 cm³/mol. The van der Waals surface area contributed by atoms with Gasteiger partial charge < -0.3 is 20.3 Å². The highest BCUT2D eigenvalue weighted by Gasteiger charge is 2.25. The summed E-state index contributed by atoms with van der Waals surface area (Å²) in [5.74, 6) is 0.500. The number of hydrogen-bond acceptors (Lipinski definition) is 4. The molecule has 7 heteroatoms. The van der Waals surface area contributed by atoms with Gasteiger partial charge in [-0.2, -0.15) is 0 Å². The van der Waals surface area contributed by atoms with Crippen LogP contribution in [-0.4, -0.2) is 44.6 Å². The fourth-order valence-corrected chi connectivity index (χ4v) is 2.07. The van der Waals surface area contributed by atoms with Crippen molar-refractivity contribution < 1.29 is 14.3 Å². The standard InChI is InChI=1S/C15H21N3O3.ClH/c1-11(16-2)9-17-14(19)7-8-18-12-5-3-4-6-13(12)21-10-15(18)20;/h3-6,11,16H,7-10H2,1-2H3,(H,17,19);1H. The number of likely N-dealkylation sites (N-methyl/N-ethyl adjacent to an activating group) is 1. The van der Waals surface area contributed by atoms with Crippen molar-refractivity contribution in [2.45, 2.75) is 19.4 Å². The van der Waals surface area contributed by atoms with Crippen LogP contribution in [0.5, 0.6) is 5.75 Å². The lowest BCUT2D eigenvalue weighted by Crippen LogP contribution is -2.42. The van der Waals surface area contributed by atoms with E-state index in [4.69, 9.17) is 4.74 Å². The SMILES string of the molecule is CNC(C)CNC(=O)CCN1C(=O)COc2ccccc21.Cl. The van der Waals surface area contributed by atoms with Crippen molar-refractivity contribution in [3.8, 4) is 5.75 Å². The number of nitrogens with one attached hydrogen (secondary N) is 2. The Bertz CT molecular complexity index is 525. The molecule has 2 rings (SSSR count). The van der Waals surface area contributed by atoms with E-state index in [9.17, 15) is 9.59 Å². The van der Waals surface area contributed by atoms with Crippen LogP contribution in [-0.2, 0) is 9.59 Å². The molecule has 1 atom stereocenters. The Morgan fingerprint density at radius 2 is 2.14 bits per heavy atom. The van der Waals surface area contributed by atoms with Crippen molar-refractivity contribution in [1.82, 2.24) is 10.6 Å². The summed E-state index contributed by atoms with van der Waals surface area (Å²) in [5, 5.41) is 5.89. The van der Waals surface area contributed by atoms with Crippen LogP contribution >= 0.6 is 12.4 Å². The lowest BCUT2D eigenvalue weighted by Gasteiger charge is -2.29. The quantitative estimate of drug-likeness (QED) is 0.816. The Kier molecular flexibility index (Phi) is 7.14. The molecule has 2 amide bonds. The van der Waals surface area contributed by atoms with Crippen LogP contribution in [0.1, 0.15) is 13.3 Å². The molecule has 0 saturated carbocycles. The number of halogens is 1. The minimum Gasteiger partial charge on any atom is -0.482 e. The molecule has 2 N–H and O–H groups in total. The Balaban J connectivity index is 0.00000242. The normalized spacial score (nSPS) is 14.5. The maximum Gasteiger partial charge on any atom is 0.265 e. The summed E-state index contributed by atoms with van der Waals surface area (Å²) >= 11 is 0. The molecule has 1 aliphatic heterocycles. The number of fused-ring (bicyclic) bond motifs is 1. The van der Waals surface area contributed by atoms with Gasteiger partial charge in [-0.15, -0.1) is 12.4 Å². The maximum atomic E-state index is 11.9. The molecule has 0 aromatic heterocycles. The van der Waals surface area contributed by atoms with Crippen LogP contribution in [0, 0.1) is 0 Å². The number of benzene rings is 1. The van der Waals surface area contributed by atoms with E-state index in [1.165, 1.54) is 0 Å². The van der Waals surface area contributed by atoms with Crippen LogP contribution in [0.3, 0.4) is 0 Å². The molecule has 0 fully saturated rings. The van der Waals surface area contributed by atoms with Crippen molar-refractivity contribution in [2.75, 3.05) is 31.6 Å². The van der Waals surface area contributed by atoms with Gasteiger partial charge in [0, 0.05) is 25.6 Å². The molecule has 1 unspecified atom stereocenters. The fraction of sp³-hybridized carbons (Fsp3) is 0.467. The summed E-state index contributed by atoms with van der Waals surface area (Å²) in [5.41, 5.74) is 0.727. The molecular weight excluding hydrogens is 306 g/mol. The van der Waals surface area contributed by atoms with E-state index in [-0.39, 0.29) is 43.3 Å². The molecule has 1 aliphatic rings. The average molecular weight is 328 g/mol. The molecule has 0 bridgehead atoms. The Morgan fingerprint density at radius 3 is 2.86 bits per heavy atom. The van der Waals surface area contributed by atoms with Gasteiger partial charge in [0.1, 0.15) is 5.75 Å². The van der Waals surface area contributed by atoms with Crippen LogP contribution in [0.4, 0.5) is 5.69 Å². The van der Waals surface area contributed by atoms with Gasteiger partial charge in [-0.25, -0.2) is 0 Å². The molecule has 1 aromatic carbocycles. The van der Waals surface area contributed by atoms with Crippen LogP contribution in [0.2, 0.25) is 0 Å². The van der Waals surface area contributed by atoms with Gasteiger partial charge in [-0.05, 0) is 26.1 Å². The first-order valence-electron chi connectivity index (χ1n) is 7.08. The second kappa shape index (κ2) is 8.60. The third-order valence-corrected chi connectivity index (χ3v) is 3.47. The molecule has 1 aromatic rings. The van der Waals surface area contributed by atoms with E-state index in [0.29, 0.717) is 18.8 Å². The highest BCUT2D eigenvalue weighted by Crippen LogP contribution is 2.31. The second-order valence-corrected chi connectivity index (χ2v) is 5.05. The molecule has 0 aliphatic carbocycles. The summed E-state index contributed by atoms with van der Waals surface area (Å²) in [7, 11) is 1.85. The van der Waals surface area contributed by atoms with Gasteiger partial charge in [-0.3, -0.25) is 9.59 Å². The van der Waals surface area contributed by atoms with E-state index in [1.54, 1.807) is 4.90 Å². The number of para-hydroxylation sites is 2. The van der Waals surface area contributed by atoms with Crippen molar-refractivity contribution in [3.05, 3.63) is 24.3 Å².